The molecule has 0 spiro atoms. The third kappa shape index (κ3) is 13.9. The summed E-state index contributed by atoms with van der Waals surface area (Å²) in [6.45, 7) is 4.86. The van der Waals surface area contributed by atoms with Gasteiger partial charge in [-0.3, -0.25) is 19.2 Å². The van der Waals surface area contributed by atoms with Gasteiger partial charge in [0.25, 0.3) is 0 Å². The van der Waals surface area contributed by atoms with Crippen LogP contribution in [0.25, 0.3) is 0 Å². The Hall–Kier alpha value is -2.85. The molecule has 0 aromatic heterocycles. The zero-order valence-electron chi connectivity index (χ0n) is 21.3. The van der Waals surface area contributed by atoms with Gasteiger partial charge >= 0.3 is 23.9 Å². The van der Waals surface area contributed by atoms with Crippen LogP contribution in [0, 0.1) is 0 Å². The van der Waals surface area contributed by atoms with Gasteiger partial charge in [0.2, 0.25) is 5.91 Å². The largest absolute Gasteiger partial charge is 0.480 e. The molecule has 15 nitrogen and oxygen atoms in total. The number of nitrogens with one attached hydrogen (secondary N) is 1. The van der Waals surface area contributed by atoms with Crippen molar-refractivity contribution in [2.45, 2.75) is 58.3 Å². The van der Waals surface area contributed by atoms with Gasteiger partial charge in [-0.25, -0.2) is 4.79 Å². The van der Waals surface area contributed by atoms with Crippen molar-refractivity contribution in [3.05, 3.63) is 0 Å². The number of ether oxygens (including phenoxy) is 8. The topological polar surface area (TPSA) is 191 Å². The molecular formula is C22H35NO14. The summed E-state index contributed by atoms with van der Waals surface area (Å²) in [5.74, 6) is -3.57. The first-order valence-electron chi connectivity index (χ1n) is 11.5. The van der Waals surface area contributed by atoms with Crippen molar-refractivity contribution in [1.82, 2.24) is 5.32 Å². The van der Waals surface area contributed by atoms with Crippen LogP contribution < -0.4 is 5.32 Å². The Morgan fingerprint density at radius 1 is 0.757 bits per heavy atom. The minimum Gasteiger partial charge on any atom is -0.480 e. The zero-order valence-corrected chi connectivity index (χ0v) is 21.3. The predicted molar refractivity (Wildman–Crippen MR) is 120 cm³/mol. The highest BCUT2D eigenvalue weighted by molar-refractivity contribution is 5.73. The van der Waals surface area contributed by atoms with Crippen molar-refractivity contribution in [1.29, 1.82) is 0 Å². The molecule has 1 saturated heterocycles. The number of carboxylic acid groups (broad SMARTS) is 1. The molecule has 15 heteroatoms. The Bertz CT molecular complexity index is 760. The van der Waals surface area contributed by atoms with Gasteiger partial charge in [-0.1, -0.05) is 0 Å². The lowest BCUT2D eigenvalue weighted by Gasteiger charge is -2.44. The van der Waals surface area contributed by atoms with Gasteiger partial charge in [-0.2, -0.15) is 0 Å². The van der Waals surface area contributed by atoms with Crippen LogP contribution in [0.4, 0.5) is 0 Å². The maximum absolute atomic E-state index is 11.9. The van der Waals surface area contributed by atoms with Crippen LogP contribution in [0.2, 0.25) is 0 Å². The molecule has 0 aliphatic carbocycles. The molecular weight excluding hydrogens is 502 g/mol. The Balaban J connectivity index is 2.73. The summed E-state index contributed by atoms with van der Waals surface area (Å²) in [6, 6.07) is -1.06. The summed E-state index contributed by atoms with van der Waals surface area (Å²) in [4.78, 5) is 57.1. The van der Waals surface area contributed by atoms with Gasteiger partial charge in [-0.05, 0) is 0 Å². The molecule has 1 heterocycles. The van der Waals surface area contributed by atoms with E-state index in [0.717, 1.165) is 13.8 Å². The minimum atomic E-state index is -1.21. The molecule has 0 radical (unpaired) electrons. The Kier molecular flexibility index (Phi) is 15.3. The highest BCUT2D eigenvalue weighted by Gasteiger charge is 2.51. The summed E-state index contributed by atoms with van der Waals surface area (Å²) in [7, 11) is 0. The molecule has 0 aromatic carbocycles. The average molecular weight is 538 g/mol. The molecule has 37 heavy (non-hydrogen) atoms. The van der Waals surface area contributed by atoms with Crippen molar-refractivity contribution in [2.24, 2.45) is 0 Å². The van der Waals surface area contributed by atoms with Crippen molar-refractivity contribution >= 4 is 29.8 Å². The molecule has 1 unspecified atom stereocenters. The fraction of sp³-hybridized carbons (Fsp3) is 0.773. The van der Waals surface area contributed by atoms with E-state index in [1.54, 1.807) is 0 Å². The highest BCUT2D eigenvalue weighted by atomic mass is 16.7. The summed E-state index contributed by atoms with van der Waals surface area (Å²) in [5, 5.41) is 11.1. The number of amides is 1. The minimum absolute atomic E-state index is 0.00617. The number of hydrogen-bond acceptors (Lipinski definition) is 13. The van der Waals surface area contributed by atoms with E-state index in [1.807, 2.05) is 0 Å². The molecule has 1 fully saturated rings. The molecule has 2 N–H and O–H groups in total. The predicted octanol–water partition coefficient (Wildman–Crippen LogP) is -1.21. The Morgan fingerprint density at radius 2 is 1.30 bits per heavy atom. The van der Waals surface area contributed by atoms with Gasteiger partial charge in [0.05, 0.1) is 39.6 Å². The molecule has 1 aliphatic rings. The zero-order chi connectivity index (χ0) is 27.8. The third-order valence-electron chi connectivity index (χ3n) is 4.55. The number of carbonyl (C=O) groups excluding carboxylic acids is 4. The van der Waals surface area contributed by atoms with E-state index in [9.17, 15) is 24.0 Å². The quantitative estimate of drug-likeness (QED) is 0.128. The van der Waals surface area contributed by atoms with Gasteiger partial charge in [0.1, 0.15) is 25.4 Å². The van der Waals surface area contributed by atoms with Crippen LogP contribution in [0.5, 0.6) is 0 Å². The van der Waals surface area contributed by atoms with E-state index in [-0.39, 0.29) is 46.2 Å². The summed E-state index contributed by atoms with van der Waals surface area (Å²) >= 11 is 0. The van der Waals surface area contributed by atoms with Crippen molar-refractivity contribution < 1.29 is 67.0 Å². The van der Waals surface area contributed by atoms with Crippen LogP contribution >= 0.6 is 0 Å². The second-order valence-corrected chi connectivity index (χ2v) is 7.76. The van der Waals surface area contributed by atoms with Crippen molar-refractivity contribution in [2.75, 3.05) is 52.9 Å². The molecule has 1 amide bonds. The summed E-state index contributed by atoms with van der Waals surface area (Å²) < 4.78 is 42.8. The number of esters is 3. The SMILES string of the molecule is CC(=O)N[C@H]1C(OCCOCCOCCOCC(=O)O)O[C@H](COC(C)=O)[C@H](OC(C)=O)[C@@H]1OC(C)=O. The second-order valence-electron chi connectivity index (χ2n) is 7.76. The van der Waals surface area contributed by atoms with Crippen molar-refractivity contribution in [3.63, 3.8) is 0 Å². The van der Waals surface area contributed by atoms with Gasteiger partial charge in [0, 0.05) is 27.7 Å². The van der Waals surface area contributed by atoms with Crippen LogP contribution in [0.15, 0.2) is 0 Å². The highest BCUT2D eigenvalue weighted by Crippen LogP contribution is 2.28. The van der Waals surface area contributed by atoms with E-state index in [2.05, 4.69) is 5.32 Å². The van der Waals surface area contributed by atoms with Crippen LogP contribution in [0.1, 0.15) is 27.7 Å². The number of carbonyl (C=O) groups is 5. The summed E-state index contributed by atoms with van der Waals surface area (Å²) in [6.07, 6.45) is -4.65. The molecule has 0 aromatic rings. The van der Waals surface area contributed by atoms with Crippen LogP contribution in [-0.2, 0) is 61.9 Å². The smallest absolute Gasteiger partial charge is 0.329 e. The van der Waals surface area contributed by atoms with Crippen LogP contribution in [0.3, 0.4) is 0 Å². The monoisotopic (exact) mass is 537 g/mol. The molecule has 1 aliphatic heterocycles. The summed E-state index contributed by atoms with van der Waals surface area (Å²) in [5.41, 5.74) is 0. The lowest BCUT2D eigenvalue weighted by Crippen LogP contribution is -2.66. The van der Waals surface area contributed by atoms with E-state index < -0.39 is 67.0 Å². The lowest BCUT2D eigenvalue weighted by molar-refractivity contribution is -0.279. The number of carboxylic acids is 1. The Morgan fingerprint density at radius 3 is 1.81 bits per heavy atom. The third-order valence-corrected chi connectivity index (χ3v) is 4.55. The number of hydrogen-bond donors (Lipinski definition) is 2. The van der Waals surface area contributed by atoms with Gasteiger partial charge in [-0.15, -0.1) is 0 Å². The van der Waals surface area contributed by atoms with E-state index >= 15 is 0 Å². The molecule has 212 valence electrons. The van der Waals surface area contributed by atoms with E-state index in [0.29, 0.717) is 0 Å². The van der Waals surface area contributed by atoms with Crippen molar-refractivity contribution in [3.8, 4) is 0 Å². The second kappa shape index (κ2) is 17.6. The lowest BCUT2D eigenvalue weighted by atomic mass is 9.96. The fourth-order valence-corrected chi connectivity index (χ4v) is 3.26. The number of aliphatic carboxylic acids is 1. The van der Waals surface area contributed by atoms with Gasteiger partial charge in [0.15, 0.2) is 18.5 Å². The first-order valence-corrected chi connectivity index (χ1v) is 11.5. The van der Waals surface area contributed by atoms with Crippen LogP contribution in [-0.4, -0.2) is 118 Å². The fourth-order valence-electron chi connectivity index (χ4n) is 3.26. The molecule has 0 saturated carbocycles. The van der Waals surface area contributed by atoms with E-state index in [4.69, 9.17) is 43.0 Å². The molecule has 1 rings (SSSR count). The first kappa shape index (κ1) is 32.2. The Labute approximate surface area is 213 Å². The van der Waals surface area contributed by atoms with Gasteiger partial charge < -0.3 is 48.3 Å². The van der Waals surface area contributed by atoms with E-state index in [1.165, 1.54) is 13.8 Å². The maximum atomic E-state index is 11.9. The molecule has 0 bridgehead atoms. The first-order chi connectivity index (χ1) is 17.5. The average Bonchev–Trinajstić information content (AvgIpc) is 2.78. The maximum Gasteiger partial charge on any atom is 0.329 e. The standard InChI is InChI=1S/C22H35NO14/c1-13(24)23-19-21(36-16(4)27)20(35-15(3)26)17(11-34-14(2)25)37-22(19)33-10-9-31-6-5-30-7-8-32-12-18(28)29/h17,19-22H,5-12H2,1-4H3,(H,23,24)(H,28,29)/t17-,19-,20+,21-,22?/m1/s1. The molecule has 5 atom stereocenters. The number of rotatable bonds is 17. The normalized spacial score (nSPS) is 23.1.